The number of rotatable bonds is 4. The molecule has 1 atom stereocenters. The molecule has 1 amide bonds. The molecule has 0 bridgehead atoms. The van der Waals surface area contributed by atoms with Gasteiger partial charge in [0.05, 0.1) is 26.0 Å². The van der Waals surface area contributed by atoms with Crippen molar-refractivity contribution in [3.63, 3.8) is 0 Å². The van der Waals surface area contributed by atoms with Crippen LogP contribution < -0.4 is 9.47 Å². The molecule has 1 aliphatic rings. The van der Waals surface area contributed by atoms with E-state index in [2.05, 4.69) is 15.1 Å². The first kappa shape index (κ1) is 15.3. The van der Waals surface area contributed by atoms with Gasteiger partial charge in [-0.3, -0.25) is 9.78 Å². The largest absolute Gasteiger partial charge is 0.480 e. The Balaban J connectivity index is 1.64. The average molecular weight is 318 g/mol. The Morgan fingerprint density at radius 1 is 1.39 bits per heavy atom. The number of amides is 1. The Bertz CT molecular complexity index is 688. The highest BCUT2D eigenvalue weighted by Gasteiger charge is 2.27. The smallest absolute Gasteiger partial charge is 0.276 e. The van der Waals surface area contributed by atoms with Crippen LogP contribution in [0.5, 0.6) is 11.8 Å². The van der Waals surface area contributed by atoms with Crippen molar-refractivity contribution in [2.24, 2.45) is 0 Å². The zero-order valence-electron chi connectivity index (χ0n) is 13.1. The van der Waals surface area contributed by atoms with Gasteiger partial charge in [-0.2, -0.15) is 4.98 Å². The summed E-state index contributed by atoms with van der Waals surface area (Å²) in [6.45, 7) is 2.91. The Kier molecular flexibility index (Phi) is 4.40. The van der Waals surface area contributed by atoms with Gasteiger partial charge in [-0.15, -0.1) is 0 Å². The van der Waals surface area contributed by atoms with Crippen LogP contribution in [0.1, 0.15) is 29.1 Å². The summed E-state index contributed by atoms with van der Waals surface area (Å²) < 4.78 is 15.8. The number of carbonyl (C=O) groups is 1. The maximum absolute atomic E-state index is 12.4. The highest BCUT2D eigenvalue weighted by Crippen LogP contribution is 2.19. The quantitative estimate of drug-likeness (QED) is 0.843. The predicted octanol–water partition coefficient (Wildman–Crippen LogP) is 1.47. The summed E-state index contributed by atoms with van der Waals surface area (Å²) in [7, 11) is 1.52. The Morgan fingerprint density at radius 3 is 2.96 bits per heavy atom. The average Bonchev–Trinajstić information content (AvgIpc) is 3.01. The molecule has 8 nitrogen and oxygen atoms in total. The summed E-state index contributed by atoms with van der Waals surface area (Å²) in [6, 6.07) is 1.64. The maximum atomic E-state index is 12.4. The van der Waals surface area contributed by atoms with Crippen molar-refractivity contribution in [2.75, 3.05) is 20.2 Å². The highest BCUT2D eigenvalue weighted by molar-refractivity contribution is 5.92. The molecule has 0 spiro atoms. The van der Waals surface area contributed by atoms with Gasteiger partial charge in [-0.1, -0.05) is 5.16 Å². The molecule has 0 aromatic carbocycles. The van der Waals surface area contributed by atoms with Crippen molar-refractivity contribution in [2.45, 2.75) is 25.9 Å². The summed E-state index contributed by atoms with van der Waals surface area (Å²) in [5.74, 6) is 1.25. The van der Waals surface area contributed by atoms with Crippen LogP contribution in [0.15, 0.2) is 23.0 Å². The van der Waals surface area contributed by atoms with Crippen LogP contribution in [0, 0.1) is 6.92 Å². The molecule has 0 unspecified atom stereocenters. The molecule has 0 N–H and O–H groups in total. The van der Waals surface area contributed by atoms with Crippen molar-refractivity contribution in [3.8, 4) is 11.8 Å². The fraction of sp³-hybridized carbons (Fsp3) is 0.467. The molecule has 0 saturated carbocycles. The summed E-state index contributed by atoms with van der Waals surface area (Å²) in [4.78, 5) is 22.3. The van der Waals surface area contributed by atoms with Gasteiger partial charge in [0.15, 0.2) is 5.69 Å². The summed E-state index contributed by atoms with van der Waals surface area (Å²) in [6.07, 6.45) is 4.61. The number of nitrogens with zero attached hydrogens (tertiary/aromatic N) is 4. The first-order valence-electron chi connectivity index (χ1n) is 7.41. The third kappa shape index (κ3) is 3.58. The van der Waals surface area contributed by atoms with Crippen LogP contribution in [-0.2, 0) is 0 Å². The molecule has 0 radical (unpaired) electrons. The molecule has 3 rings (SSSR count). The van der Waals surface area contributed by atoms with Crippen LogP contribution in [0.3, 0.4) is 0 Å². The maximum Gasteiger partial charge on any atom is 0.276 e. The van der Waals surface area contributed by atoms with Gasteiger partial charge in [0.25, 0.3) is 5.91 Å². The van der Waals surface area contributed by atoms with Gasteiger partial charge in [-0.25, -0.2) is 0 Å². The minimum absolute atomic E-state index is 0.137. The molecular weight excluding hydrogens is 300 g/mol. The first-order chi connectivity index (χ1) is 11.2. The molecule has 122 valence electrons. The lowest BCUT2D eigenvalue weighted by Crippen LogP contribution is -2.44. The second-order valence-electron chi connectivity index (χ2n) is 5.36. The minimum Gasteiger partial charge on any atom is -0.480 e. The summed E-state index contributed by atoms with van der Waals surface area (Å²) in [5, 5.41) is 3.78. The molecule has 1 aliphatic heterocycles. The van der Waals surface area contributed by atoms with Crippen molar-refractivity contribution in [1.82, 2.24) is 20.0 Å². The lowest BCUT2D eigenvalue weighted by Gasteiger charge is -2.32. The Morgan fingerprint density at radius 2 is 2.22 bits per heavy atom. The second-order valence-corrected chi connectivity index (χ2v) is 5.36. The third-order valence-corrected chi connectivity index (χ3v) is 3.60. The minimum atomic E-state index is -0.146. The number of hydrogen-bond donors (Lipinski definition) is 0. The number of carbonyl (C=O) groups excluding carboxylic acids is 1. The van der Waals surface area contributed by atoms with E-state index in [-0.39, 0.29) is 12.0 Å². The lowest BCUT2D eigenvalue weighted by atomic mass is 10.1. The molecule has 0 aliphatic carbocycles. The van der Waals surface area contributed by atoms with Gasteiger partial charge in [0.1, 0.15) is 11.9 Å². The molecule has 8 heteroatoms. The standard InChI is InChI=1S/C15H18N4O4/c1-10-6-12(18-23-10)15(20)19-5-3-4-11(9-19)22-14-8-16-7-13(17-14)21-2/h6-8,11H,3-5,9H2,1-2H3/t11-/m1/s1. The van der Waals surface area contributed by atoms with Gasteiger partial charge in [0.2, 0.25) is 11.8 Å². The number of likely N-dealkylation sites (tertiary alicyclic amines) is 1. The van der Waals surface area contributed by atoms with Gasteiger partial charge >= 0.3 is 0 Å². The van der Waals surface area contributed by atoms with Gasteiger partial charge in [-0.05, 0) is 19.8 Å². The van der Waals surface area contributed by atoms with Crippen LogP contribution in [-0.4, -0.2) is 52.2 Å². The zero-order chi connectivity index (χ0) is 16.2. The number of hydrogen-bond acceptors (Lipinski definition) is 7. The molecule has 2 aromatic rings. The first-order valence-corrected chi connectivity index (χ1v) is 7.41. The number of piperidine rings is 1. The fourth-order valence-electron chi connectivity index (χ4n) is 2.51. The van der Waals surface area contributed by atoms with E-state index < -0.39 is 0 Å². The van der Waals surface area contributed by atoms with Crippen molar-refractivity contribution in [3.05, 3.63) is 29.9 Å². The topological polar surface area (TPSA) is 90.6 Å². The Hall–Kier alpha value is -2.64. The monoisotopic (exact) mass is 318 g/mol. The fourth-order valence-corrected chi connectivity index (χ4v) is 2.51. The highest BCUT2D eigenvalue weighted by atomic mass is 16.5. The van der Waals surface area contributed by atoms with Crippen molar-refractivity contribution < 1.29 is 18.8 Å². The van der Waals surface area contributed by atoms with E-state index in [4.69, 9.17) is 14.0 Å². The summed E-state index contributed by atoms with van der Waals surface area (Å²) >= 11 is 0. The van der Waals surface area contributed by atoms with E-state index in [0.29, 0.717) is 36.3 Å². The number of aromatic nitrogens is 3. The van der Waals surface area contributed by atoms with Crippen LogP contribution in [0.4, 0.5) is 0 Å². The summed E-state index contributed by atoms with van der Waals surface area (Å²) in [5.41, 5.74) is 0.323. The van der Waals surface area contributed by atoms with Crippen LogP contribution in [0.2, 0.25) is 0 Å². The molecule has 3 heterocycles. The zero-order valence-corrected chi connectivity index (χ0v) is 13.1. The van der Waals surface area contributed by atoms with Crippen LogP contribution in [0.25, 0.3) is 0 Å². The molecule has 23 heavy (non-hydrogen) atoms. The van der Waals surface area contributed by atoms with E-state index in [1.807, 2.05) is 0 Å². The SMILES string of the molecule is COc1cncc(O[C@@H]2CCCN(C(=O)c3cc(C)on3)C2)n1. The number of aryl methyl sites for hydroxylation is 1. The van der Waals surface area contributed by atoms with E-state index in [9.17, 15) is 4.79 Å². The van der Waals surface area contributed by atoms with Crippen molar-refractivity contribution >= 4 is 5.91 Å². The van der Waals surface area contributed by atoms with E-state index in [1.165, 1.54) is 19.5 Å². The molecule has 1 fully saturated rings. The third-order valence-electron chi connectivity index (χ3n) is 3.60. The number of methoxy groups -OCH3 is 1. The second kappa shape index (κ2) is 6.64. The van der Waals surface area contributed by atoms with E-state index in [0.717, 1.165) is 12.8 Å². The van der Waals surface area contributed by atoms with E-state index in [1.54, 1.807) is 17.9 Å². The van der Waals surface area contributed by atoms with Gasteiger partial charge in [0, 0.05) is 12.6 Å². The molecule has 2 aromatic heterocycles. The van der Waals surface area contributed by atoms with Crippen molar-refractivity contribution in [1.29, 1.82) is 0 Å². The normalized spacial score (nSPS) is 17.8. The Labute approximate surface area is 133 Å². The van der Waals surface area contributed by atoms with Gasteiger partial charge < -0.3 is 18.9 Å². The predicted molar refractivity (Wildman–Crippen MR) is 79.4 cm³/mol. The van der Waals surface area contributed by atoms with E-state index >= 15 is 0 Å². The van der Waals surface area contributed by atoms with Crippen LogP contribution >= 0.6 is 0 Å². The lowest BCUT2D eigenvalue weighted by molar-refractivity contribution is 0.0516. The number of ether oxygens (including phenoxy) is 2. The molecular formula is C15H18N4O4. The molecule has 1 saturated heterocycles.